The maximum Gasteiger partial charge on any atom is 0.183 e. The minimum atomic E-state index is -0.459. The van der Waals surface area contributed by atoms with Gasteiger partial charge in [-0.05, 0) is 0 Å². The molecule has 1 aliphatic rings. The molecule has 1 saturated heterocycles. The molecule has 53 valence electrons. The second-order valence-electron chi connectivity index (χ2n) is 1.93. The van der Waals surface area contributed by atoms with Crippen molar-refractivity contribution in [2.24, 2.45) is 0 Å². The summed E-state index contributed by atoms with van der Waals surface area (Å²) < 4.78 is 4.75. The summed E-state index contributed by atoms with van der Waals surface area (Å²) in [7, 11) is 0. The molecule has 2 N–H and O–H groups in total. The van der Waals surface area contributed by atoms with Crippen LogP contribution in [-0.2, 0) is 9.84 Å². The third-order valence-corrected chi connectivity index (χ3v) is 1.27. The maximum absolute atomic E-state index is 9.91. The lowest BCUT2D eigenvalue weighted by Gasteiger charge is -2.22. The van der Waals surface area contributed by atoms with E-state index in [0.29, 0.717) is 0 Å². The van der Waals surface area contributed by atoms with Crippen LogP contribution < -0.4 is 10.6 Å². The first kappa shape index (κ1) is 6.95. The molecule has 4 nitrogen and oxygen atoms in total. The van der Waals surface area contributed by atoms with E-state index in [9.17, 15) is 5.11 Å². The highest BCUT2D eigenvalue weighted by molar-refractivity contribution is 4.66. The van der Waals surface area contributed by atoms with E-state index >= 15 is 0 Å². The van der Waals surface area contributed by atoms with E-state index in [-0.39, 0.29) is 6.23 Å². The molecule has 0 bridgehead atoms. The SMILES string of the molecule is [O]COC1CNCCN1. The first-order valence-corrected chi connectivity index (χ1v) is 3.07. The van der Waals surface area contributed by atoms with Crippen molar-refractivity contribution >= 4 is 0 Å². The molecule has 1 aliphatic heterocycles. The Hall–Kier alpha value is -0.160. The molecule has 1 radical (unpaired) electrons. The Bertz CT molecular complexity index is 70.6. The highest BCUT2D eigenvalue weighted by Gasteiger charge is 2.10. The minimum Gasteiger partial charge on any atom is -0.333 e. The van der Waals surface area contributed by atoms with Crippen LogP contribution >= 0.6 is 0 Å². The number of nitrogens with one attached hydrogen (secondary N) is 2. The van der Waals surface area contributed by atoms with Crippen molar-refractivity contribution in [3.8, 4) is 0 Å². The van der Waals surface area contributed by atoms with Gasteiger partial charge in [0, 0.05) is 19.6 Å². The van der Waals surface area contributed by atoms with Crippen molar-refractivity contribution in [1.29, 1.82) is 0 Å². The Morgan fingerprint density at radius 2 is 2.44 bits per heavy atom. The predicted octanol–water partition coefficient (Wildman–Crippen LogP) is -1.09. The molecule has 0 aromatic rings. The zero-order valence-corrected chi connectivity index (χ0v) is 5.22. The van der Waals surface area contributed by atoms with E-state index in [0.717, 1.165) is 19.6 Å². The summed E-state index contributed by atoms with van der Waals surface area (Å²) in [6, 6.07) is 0. The van der Waals surface area contributed by atoms with E-state index in [1.54, 1.807) is 0 Å². The normalized spacial score (nSPS) is 28.3. The summed E-state index contributed by atoms with van der Waals surface area (Å²) >= 11 is 0. The van der Waals surface area contributed by atoms with Gasteiger partial charge in [-0.1, -0.05) is 0 Å². The number of piperazine rings is 1. The average molecular weight is 131 g/mol. The lowest BCUT2D eigenvalue weighted by molar-refractivity contribution is -0.0969. The van der Waals surface area contributed by atoms with Gasteiger partial charge in [0.15, 0.2) is 6.79 Å². The van der Waals surface area contributed by atoms with Gasteiger partial charge in [-0.25, -0.2) is 5.11 Å². The van der Waals surface area contributed by atoms with Crippen molar-refractivity contribution in [2.45, 2.75) is 6.23 Å². The quantitative estimate of drug-likeness (QED) is 0.468. The third-order valence-electron chi connectivity index (χ3n) is 1.27. The molecule has 0 spiro atoms. The summed E-state index contributed by atoms with van der Waals surface area (Å²) in [5, 5.41) is 16.0. The monoisotopic (exact) mass is 131 g/mol. The van der Waals surface area contributed by atoms with E-state index in [1.807, 2.05) is 0 Å². The number of hydrogen-bond donors (Lipinski definition) is 2. The molecule has 1 rings (SSSR count). The molecule has 1 unspecified atom stereocenters. The second kappa shape index (κ2) is 3.79. The van der Waals surface area contributed by atoms with Crippen LogP contribution in [-0.4, -0.2) is 32.7 Å². The molecule has 1 fully saturated rings. The minimum absolute atomic E-state index is 0.0729. The lowest BCUT2D eigenvalue weighted by Crippen LogP contribution is -2.49. The fraction of sp³-hybridized carbons (Fsp3) is 1.00. The first-order valence-electron chi connectivity index (χ1n) is 3.07. The van der Waals surface area contributed by atoms with Crippen LogP contribution in [0.25, 0.3) is 0 Å². The predicted molar refractivity (Wildman–Crippen MR) is 31.3 cm³/mol. The van der Waals surface area contributed by atoms with Crippen LogP contribution in [0.2, 0.25) is 0 Å². The molecule has 1 heterocycles. The third kappa shape index (κ3) is 2.28. The maximum atomic E-state index is 9.91. The molecule has 0 aromatic heterocycles. The lowest BCUT2D eigenvalue weighted by atomic mass is 10.4. The Kier molecular flexibility index (Phi) is 2.93. The Labute approximate surface area is 54.2 Å². The highest BCUT2D eigenvalue weighted by atomic mass is 16.6. The molecular formula is C5H11N2O2. The number of hydrogen-bond acceptors (Lipinski definition) is 3. The van der Waals surface area contributed by atoms with Gasteiger partial charge in [-0.2, -0.15) is 0 Å². The topological polar surface area (TPSA) is 53.2 Å². The summed E-state index contributed by atoms with van der Waals surface area (Å²) in [6.07, 6.45) is -0.0729. The first-order chi connectivity index (χ1) is 4.43. The summed E-state index contributed by atoms with van der Waals surface area (Å²) in [5.41, 5.74) is 0. The zero-order valence-electron chi connectivity index (χ0n) is 5.22. The van der Waals surface area contributed by atoms with Crippen molar-refractivity contribution in [1.82, 2.24) is 10.6 Å². The molecule has 9 heavy (non-hydrogen) atoms. The van der Waals surface area contributed by atoms with Crippen LogP contribution in [0.1, 0.15) is 0 Å². The number of ether oxygens (including phenoxy) is 1. The van der Waals surface area contributed by atoms with E-state index in [4.69, 9.17) is 4.74 Å². The highest BCUT2D eigenvalue weighted by Crippen LogP contribution is 1.87. The van der Waals surface area contributed by atoms with Crippen molar-refractivity contribution < 1.29 is 9.84 Å². The Morgan fingerprint density at radius 3 is 3.00 bits per heavy atom. The molecule has 1 atom stereocenters. The zero-order chi connectivity index (χ0) is 6.53. The van der Waals surface area contributed by atoms with Gasteiger partial charge in [-0.15, -0.1) is 0 Å². The van der Waals surface area contributed by atoms with E-state index in [1.165, 1.54) is 0 Å². The average Bonchev–Trinajstić information content (AvgIpc) is 1.91. The molecule has 0 aliphatic carbocycles. The van der Waals surface area contributed by atoms with Crippen LogP contribution in [0.4, 0.5) is 0 Å². The van der Waals surface area contributed by atoms with Crippen molar-refractivity contribution in [3.05, 3.63) is 0 Å². The van der Waals surface area contributed by atoms with Gasteiger partial charge in [0.2, 0.25) is 0 Å². The van der Waals surface area contributed by atoms with Crippen LogP contribution in [0.15, 0.2) is 0 Å². The largest absolute Gasteiger partial charge is 0.333 e. The number of rotatable bonds is 2. The summed E-state index contributed by atoms with van der Waals surface area (Å²) in [5.74, 6) is 0. The van der Waals surface area contributed by atoms with Gasteiger partial charge in [0.05, 0.1) is 0 Å². The summed E-state index contributed by atoms with van der Waals surface area (Å²) in [6.45, 7) is 2.12. The molecule has 0 saturated carbocycles. The Balaban J connectivity index is 2.08. The smallest absolute Gasteiger partial charge is 0.183 e. The van der Waals surface area contributed by atoms with Gasteiger partial charge in [-0.3, -0.25) is 5.32 Å². The van der Waals surface area contributed by atoms with Crippen LogP contribution in [0.3, 0.4) is 0 Å². The van der Waals surface area contributed by atoms with Crippen molar-refractivity contribution in [3.63, 3.8) is 0 Å². The summed E-state index contributed by atoms with van der Waals surface area (Å²) in [4.78, 5) is 0. The van der Waals surface area contributed by atoms with Gasteiger partial charge >= 0.3 is 0 Å². The van der Waals surface area contributed by atoms with E-state index in [2.05, 4.69) is 10.6 Å². The fourth-order valence-corrected chi connectivity index (χ4v) is 0.827. The van der Waals surface area contributed by atoms with Crippen LogP contribution in [0, 0.1) is 0 Å². The van der Waals surface area contributed by atoms with Gasteiger partial charge < -0.3 is 10.1 Å². The molecule has 4 heteroatoms. The standard InChI is InChI=1S/C5H11N2O2/c8-4-9-5-3-6-1-2-7-5/h5-7H,1-4H2. The molecule has 0 aromatic carbocycles. The molecular weight excluding hydrogens is 120 g/mol. The second-order valence-corrected chi connectivity index (χ2v) is 1.93. The molecule has 0 amide bonds. The Morgan fingerprint density at radius 1 is 1.56 bits per heavy atom. The van der Waals surface area contributed by atoms with Crippen molar-refractivity contribution in [2.75, 3.05) is 26.4 Å². The van der Waals surface area contributed by atoms with Gasteiger partial charge in [0.25, 0.3) is 0 Å². The fourth-order valence-electron chi connectivity index (χ4n) is 0.827. The van der Waals surface area contributed by atoms with Gasteiger partial charge in [0.1, 0.15) is 6.23 Å². The van der Waals surface area contributed by atoms with E-state index < -0.39 is 6.79 Å². The van der Waals surface area contributed by atoms with Crippen LogP contribution in [0.5, 0.6) is 0 Å².